The summed E-state index contributed by atoms with van der Waals surface area (Å²) < 4.78 is 5.77. The van der Waals surface area contributed by atoms with Crippen LogP contribution in [0.3, 0.4) is 0 Å². The molecule has 6 fully saturated rings. The van der Waals surface area contributed by atoms with Gasteiger partial charge in [0, 0.05) is 43.2 Å². The number of aliphatic hydroxyl groups is 1. The number of β-amino-alcohol motifs (C(OH)–C–C–N with tert-alkyl or cyclic N) is 1. The zero-order valence-electron chi connectivity index (χ0n) is 21.9. The standard InChI is InChI=1S/C27H47N5O4/c1-17-14-36-31-24(17)11-27(15-35-16-27)19-3-2-4-20(9-19)29-26(34)23-10-21(12-32-8-7-22(33)13-32)28-25(30-23)18-5-6-18/h17-25,28,30-31,33H,2-16H2,1H3,(H,29,34)/t17?,19?,20?,21?,22-,23?,24?,25?/m0/s1. The summed E-state index contributed by atoms with van der Waals surface area (Å²) in [6.07, 6.45) is 9.81. The van der Waals surface area contributed by atoms with Crippen LogP contribution in [0.4, 0.5) is 0 Å². The number of carbonyl (C=O) groups excluding carboxylic acids is 1. The van der Waals surface area contributed by atoms with Crippen LogP contribution in [0.1, 0.15) is 64.7 Å². The molecule has 4 saturated heterocycles. The molecule has 8 atom stereocenters. The molecule has 1 amide bonds. The number of nitrogens with zero attached hydrogens (tertiary/aromatic N) is 1. The van der Waals surface area contributed by atoms with E-state index in [1.165, 1.54) is 25.7 Å². The predicted octanol–water partition coefficient (Wildman–Crippen LogP) is 0.730. The van der Waals surface area contributed by atoms with Gasteiger partial charge in [0.1, 0.15) is 0 Å². The summed E-state index contributed by atoms with van der Waals surface area (Å²) in [5.41, 5.74) is 3.47. The molecule has 0 aromatic rings. The molecule has 2 aliphatic carbocycles. The fourth-order valence-electron chi connectivity index (χ4n) is 7.50. The van der Waals surface area contributed by atoms with Crippen molar-refractivity contribution in [2.24, 2.45) is 23.2 Å². The number of ether oxygens (including phenoxy) is 1. The highest BCUT2D eigenvalue weighted by Crippen LogP contribution is 2.48. The van der Waals surface area contributed by atoms with Crippen LogP contribution >= 0.6 is 0 Å². The van der Waals surface area contributed by atoms with Crippen LogP contribution in [0.15, 0.2) is 0 Å². The molecular formula is C27H47N5O4. The van der Waals surface area contributed by atoms with E-state index in [-0.39, 0.29) is 41.7 Å². The second-order valence-electron chi connectivity index (χ2n) is 13.0. The van der Waals surface area contributed by atoms with E-state index < -0.39 is 0 Å². The topological polar surface area (TPSA) is 107 Å². The van der Waals surface area contributed by atoms with Crippen molar-refractivity contribution >= 4 is 5.91 Å². The Labute approximate surface area is 215 Å². The normalized spacial score (nSPS) is 43.3. The highest BCUT2D eigenvalue weighted by Gasteiger charge is 2.49. The Bertz CT molecular complexity index is 777. The van der Waals surface area contributed by atoms with E-state index in [2.05, 4.69) is 33.3 Å². The van der Waals surface area contributed by atoms with Gasteiger partial charge >= 0.3 is 0 Å². The molecule has 6 aliphatic rings. The van der Waals surface area contributed by atoms with Gasteiger partial charge in [-0.3, -0.25) is 20.3 Å². The van der Waals surface area contributed by atoms with Gasteiger partial charge in [-0.25, -0.2) is 0 Å². The van der Waals surface area contributed by atoms with Crippen molar-refractivity contribution in [2.45, 2.75) is 101 Å². The first-order chi connectivity index (χ1) is 17.5. The SMILES string of the molecule is CC1CONC1CC1(C2CCCC(NC(=O)C3CC(CN4CC[C@H](O)C4)NC(C4CC4)N3)C2)COC1. The second-order valence-corrected chi connectivity index (χ2v) is 13.0. The average molecular weight is 506 g/mol. The molecule has 6 rings (SSSR count). The second kappa shape index (κ2) is 10.8. The Morgan fingerprint density at radius 2 is 2.00 bits per heavy atom. The number of carbonyl (C=O) groups is 1. The third kappa shape index (κ3) is 5.63. The Morgan fingerprint density at radius 1 is 1.14 bits per heavy atom. The summed E-state index contributed by atoms with van der Waals surface area (Å²) in [5.74, 6) is 1.94. The van der Waals surface area contributed by atoms with Crippen molar-refractivity contribution in [3.05, 3.63) is 0 Å². The number of hydrogen-bond acceptors (Lipinski definition) is 8. The minimum atomic E-state index is -0.200. The molecule has 9 nitrogen and oxygen atoms in total. The van der Waals surface area contributed by atoms with E-state index in [1.54, 1.807) is 0 Å². The lowest BCUT2D eigenvalue weighted by Crippen LogP contribution is -2.65. The molecule has 0 radical (unpaired) electrons. The number of amides is 1. The van der Waals surface area contributed by atoms with Crippen LogP contribution in [0.25, 0.3) is 0 Å². The van der Waals surface area contributed by atoms with Crippen LogP contribution in [0.2, 0.25) is 0 Å². The minimum absolute atomic E-state index is 0.142. The van der Waals surface area contributed by atoms with Gasteiger partial charge in [-0.1, -0.05) is 13.3 Å². The monoisotopic (exact) mass is 505 g/mol. The molecule has 0 aromatic heterocycles. The van der Waals surface area contributed by atoms with E-state index in [4.69, 9.17) is 9.57 Å². The molecule has 204 valence electrons. The highest BCUT2D eigenvalue weighted by atomic mass is 16.7. The van der Waals surface area contributed by atoms with Gasteiger partial charge in [-0.15, -0.1) is 0 Å². The highest BCUT2D eigenvalue weighted by molar-refractivity contribution is 5.82. The number of likely N-dealkylation sites (tertiary alicyclic amines) is 1. The molecule has 0 spiro atoms. The van der Waals surface area contributed by atoms with E-state index in [9.17, 15) is 9.90 Å². The molecule has 2 saturated carbocycles. The summed E-state index contributed by atoms with van der Waals surface area (Å²) in [6, 6.07) is 0.796. The van der Waals surface area contributed by atoms with Gasteiger partial charge in [0.15, 0.2) is 0 Å². The molecule has 36 heavy (non-hydrogen) atoms. The van der Waals surface area contributed by atoms with E-state index in [0.717, 1.165) is 71.6 Å². The Hall–Kier alpha value is -0.810. The quantitative estimate of drug-likeness (QED) is 0.329. The Morgan fingerprint density at radius 3 is 2.67 bits per heavy atom. The predicted molar refractivity (Wildman–Crippen MR) is 136 cm³/mol. The number of rotatable bonds is 8. The number of nitrogens with one attached hydrogen (secondary N) is 4. The third-order valence-electron chi connectivity index (χ3n) is 10.0. The maximum absolute atomic E-state index is 13.5. The van der Waals surface area contributed by atoms with E-state index >= 15 is 0 Å². The van der Waals surface area contributed by atoms with Crippen LogP contribution < -0.4 is 21.4 Å². The summed E-state index contributed by atoms with van der Waals surface area (Å²) in [5, 5.41) is 20.9. The van der Waals surface area contributed by atoms with Crippen LogP contribution in [0, 0.1) is 23.2 Å². The number of hydrogen-bond donors (Lipinski definition) is 5. The Balaban J connectivity index is 1.05. The average Bonchev–Trinajstić information content (AvgIpc) is 3.51. The van der Waals surface area contributed by atoms with Gasteiger partial charge < -0.3 is 20.0 Å². The van der Waals surface area contributed by atoms with Crippen molar-refractivity contribution in [1.82, 2.24) is 26.3 Å². The van der Waals surface area contributed by atoms with Gasteiger partial charge in [0.2, 0.25) is 5.91 Å². The van der Waals surface area contributed by atoms with Crippen molar-refractivity contribution < 1.29 is 19.5 Å². The van der Waals surface area contributed by atoms with Crippen LogP contribution in [-0.4, -0.2) is 91.8 Å². The first kappa shape index (κ1) is 25.5. The summed E-state index contributed by atoms with van der Waals surface area (Å²) >= 11 is 0. The minimum Gasteiger partial charge on any atom is -0.392 e. The molecule has 0 aromatic carbocycles. The summed E-state index contributed by atoms with van der Waals surface area (Å²) in [4.78, 5) is 21.4. The molecule has 0 bridgehead atoms. The van der Waals surface area contributed by atoms with Crippen molar-refractivity contribution in [3.8, 4) is 0 Å². The Kier molecular flexibility index (Phi) is 7.60. The lowest BCUT2D eigenvalue weighted by Gasteiger charge is -2.51. The first-order valence-corrected chi connectivity index (χ1v) is 14.7. The van der Waals surface area contributed by atoms with Gasteiger partial charge in [-0.05, 0) is 69.1 Å². The van der Waals surface area contributed by atoms with Gasteiger partial charge in [-0.2, -0.15) is 5.48 Å². The molecule has 9 heteroatoms. The van der Waals surface area contributed by atoms with Crippen molar-refractivity contribution in [3.63, 3.8) is 0 Å². The summed E-state index contributed by atoms with van der Waals surface area (Å²) in [7, 11) is 0. The fourth-order valence-corrected chi connectivity index (χ4v) is 7.50. The van der Waals surface area contributed by atoms with Gasteiger partial charge in [0.05, 0.1) is 38.1 Å². The van der Waals surface area contributed by atoms with E-state index in [0.29, 0.717) is 23.8 Å². The molecule has 5 N–H and O–H groups in total. The van der Waals surface area contributed by atoms with Crippen LogP contribution in [0.5, 0.6) is 0 Å². The molecule has 4 heterocycles. The maximum atomic E-state index is 13.5. The molecule has 7 unspecified atom stereocenters. The molecule has 4 aliphatic heterocycles. The zero-order chi connectivity index (χ0) is 24.7. The van der Waals surface area contributed by atoms with Gasteiger partial charge in [0.25, 0.3) is 0 Å². The number of aliphatic hydroxyl groups excluding tert-OH is 1. The summed E-state index contributed by atoms with van der Waals surface area (Å²) in [6.45, 7) is 7.36. The van der Waals surface area contributed by atoms with Crippen molar-refractivity contribution in [2.75, 3.05) is 39.5 Å². The lowest BCUT2D eigenvalue weighted by molar-refractivity contribution is -0.164. The zero-order valence-corrected chi connectivity index (χ0v) is 21.9. The van der Waals surface area contributed by atoms with Crippen molar-refractivity contribution in [1.29, 1.82) is 0 Å². The van der Waals surface area contributed by atoms with E-state index in [1.807, 2.05) is 0 Å². The third-order valence-corrected chi connectivity index (χ3v) is 10.0. The fraction of sp³-hybridized carbons (Fsp3) is 0.963. The molecular weight excluding hydrogens is 458 g/mol. The van der Waals surface area contributed by atoms with Crippen LogP contribution in [-0.2, 0) is 14.4 Å². The largest absolute Gasteiger partial charge is 0.392 e. The maximum Gasteiger partial charge on any atom is 0.237 e. The first-order valence-electron chi connectivity index (χ1n) is 14.7. The lowest BCUT2D eigenvalue weighted by atomic mass is 9.63. The number of hydroxylamine groups is 1. The smallest absolute Gasteiger partial charge is 0.237 e.